The Balaban J connectivity index is 1.71. The van der Waals surface area contributed by atoms with E-state index >= 15 is 0 Å². The monoisotopic (exact) mass is 496 g/mol. The van der Waals surface area contributed by atoms with E-state index in [0.29, 0.717) is 42.4 Å². The lowest BCUT2D eigenvalue weighted by atomic mass is 9.89. The van der Waals surface area contributed by atoms with Gasteiger partial charge in [0.15, 0.2) is 4.83 Å². The van der Waals surface area contributed by atoms with E-state index in [1.807, 2.05) is 18.2 Å². The average Bonchev–Trinajstić information content (AvgIpc) is 3.22. The molecule has 184 valence electrons. The number of fused-ring (bicyclic) bond motifs is 3. The summed E-state index contributed by atoms with van der Waals surface area (Å²) < 4.78 is 17.1. The van der Waals surface area contributed by atoms with Gasteiger partial charge in [-0.25, -0.2) is 9.78 Å². The first-order valence-corrected chi connectivity index (χ1v) is 12.7. The number of hydrogen-bond acceptors (Lipinski definition) is 7. The molecule has 1 saturated heterocycles. The molecule has 0 saturated carbocycles. The first-order valence-electron chi connectivity index (χ1n) is 11.9. The third-order valence-corrected chi connectivity index (χ3v) is 7.45. The van der Waals surface area contributed by atoms with Crippen LogP contribution in [-0.2, 0) is 27.2 Å². The number of thiophene rings is 1. The molecular formula is C26H30N3O5S+. The maximum Gasteiger partial charge on any atom is 0.350 e. The van der Waals surface area contributed by atoms with Crippen LogP contribution in [0.1, 0.15) is 51.9 Å². The second-order valence-electron chi connectivity index (χ2n) is 9.31. The second kappa shape index (κ2) is 9.56. The molecule has 0 unspecified atom stereocenters. The fraction of sp³-hybridized carbons (Fsp3) is 0.423. The SMILES string of the molecule is CCOC(=O)c1sc2[nH+]c(N3CCOCC3)c3c(c2c1NC(=O)c1ccccc1)CC(C)(C)OC3. The number of aromatic nitrogens is 1. The molecule has 0 aliphatic carbocycles. The minimum atomic E-state index is -0.446. The number of H-pyrrole nitrogens is 1. The van der Waals surface area contributed by atoms with Crippen LogP contribution in [-0.4, -0.2) is 50.4 Å². The van der Waals surface area contributed by atoms with Crippen molar-refractivity contribution in [2.75, 3.05) is 43.1 Å². The van der Waals surface area contributed by atoms with Gasteiger partial charge in [0.05, 0.1) is 48.7 Å². The van der Waals surface area contributed by atoms with Crippen molar-refractivity contribution in [3.8, 4) is 0 Å². The second-order valence-corrected chi connectivity index (χ2v) is 10.3. The predicted molar refractivity (Wildman–Crippen MR) is 134 cm³/mol. The number of morpholine rings is 1. The minimum Gasteiger partial charge on any atom is -0.462 e. The number of nitrogens with zero attached hydrogens (tertiary/aromatic N) is 1. The van der Waals surface area contributed by atoms with E-state index in [1.165, 1.54) is 11.3 Å². The summed E-state index contributed by atoms with van der Waals surface area (Å²) in [6.45, 7) is 9.45. The Morgan fingerprint density at radius 1 is 1.17 bits per heavy atom. The van der Waals surface area contributed by atoms with Crippen molar-refractivity contribution in [1.29, 1.82) is 0 Å². The lowest BCUT2D eigenvalue weighted by Gasteiger charge is -2.33. The highest BCUT2D eigenvalue weighted by atomic mass is 32.1. The van der Waals surface area contributed by atoms with Gasteiger partial charge in [0, 0.05) is 12.0 Å². The Morgan fingerprint density at radius 2 is 1.91 bits per heavy atom. The van der Waals surface area contributed by atoms with Crippen LogP contribution in [0.2, 0.25) is 0 Å². The Morgan fingerprint density at radius 3 is 2.63 bits per heavy atom. The first-order chi connectivity index (χ1) is 16.9. The quantitative estimate of drug-likeness (QED) is 0.540. The van der Waals surface area contributed by atoms with E-state index in [0.717, 1.165) is 40.3 Å². The first kappa shape index (κ1) is 23.7. The Labute approximate surface area is 208 Å². The molecule has 2 aliphatic heterocycles. The molecular weight excluding hydrogens is 466 g/mol. The van der Waals surface area contributed by atoms with Crippen LogP contribution in [0.15, 0.2) is 30.3 Å². The van der Waals surface area contributed by atoms with Crippen molar-refractivity contribution in [3.05, 3.63) is 51.9 Å². The number of ether oxygens (including phenoxy) is 3. The number of anilines is 2. The number of hydrogen-bond donors (Lipinski definition) is 1. The Hall–Kier alpha value is -3.01. The number of rotatable bonds is 5. The molecule has 1 aromatic carbocycles. The van der Waals surface area contributed by atoms with E-state index < -0.39 is 5.97 Å². The van der Waals surface area contributed by atoms with Gasteiger partial charge in [0.1, 0.15) is 18.0 Å². The van der Waals surface area contributed by atoms with Crippen LogP contribution in [0, 0.1) is 0 Å². The van der Waals surface area contributed by atoms with E-state index in [1.54, 1.807) is 19.1 Å². The fourth-order valence-electron chi connectivity index (χ4n) is 4.67. The summed E-state index contributed by atoms with van der Waals surface area (Å²) in [6, 6.07) is 9.00. The highest BCUT2D eigenvalue weighted by molar-refractivity contribution is 7.20. The van der Waals surface area contributed by atoms with E-state index in [-0.39, 0.29) is 18.1 Å². The normalized spacial score (nSPS) is 17.2. The summed E-state index contributed by atoms with van der Waals surface area (Å²) in [5, 5.41) is 3.89. The van der Waals surface area contributed by atoms with Crippen LogP contribution in [0.25, 0.3) is 10.2 Å². The molecule has 0 bridgehead atoms. The van der Waals surface area contributed by atoms with Gasteiger partial charge >= 0.3 is 5.97 Å². The number of carbonyl (C=O) groups excluding carboxylic acids is 2. The summed E-state index contributed by atoms with van der Waals surface area (Å²) in [5.74, 6) is 0.274. The highest BCUT2D eigenvalue weighted by Gasteiger charge is 2.37. The van der Waals surface area contributed by atoms with E-state index in [2.05, 4.69) is 29.0 Å². The highest BCUT2D eigenvalue weighted by Crippen LogP contribution is 2.43. The largest absolute Gasteiger partial charge is 0.462 e. The molecule has 8 nitrogen and oxygen atoms in total. The average molecular weight is 497 g/mol. The van der Waals surface area contributed by atoms with Gasteiger partial charge in [0.25, 0.3) is 11.7 Å². The minimum absolute atomic E-state index is 0.251. The molecule has 2 aliphatic rings. The van der Waals surface area contributed by atoms with Gasteiger partial charge in [-0.1, -0.05) is 29.5 Å². The van der Waals surface area contributed by atoms with Crippen LogP contribution in [0.4, 0.5) is 11.5 Å². The number of aromatic amines is 1. The third-order valence-electron chi connectivity index (χ3n) is 6.36. The Kier molecular flexibility index (Phi) is 6.48. The zero-order valence-electron chi connectivity index (χ0n) is 20.2. The summed E-state index contributed by atoms with van der Waals surface area (Å²) >= 11 is 1.32. The summed E-state index contributed by atoms with van der Waals surface area (Å²) in [7, 11) is 0. The predicted octanol–water partition coefficient (Wildman–Crippen LogP) is 3.83. The molecule has 0 radical (unpaired) electrons. The van der Waals surface area contributed by atoms with Crippen molar-refractivity contribution in [1.82, 2.24) is 0 Å². The lowest BCUT2D eigenvalue weighted by molar-refractivity contribution is -0.329. The number of nitrogens with one attached hydrogen (secondary N) is 2. The van der Waals surface area contributed by atoms with Crippen LogP contribution >= 0.6 is 11.3 Å². The molecule has 1 fully saturated rings. The van der Waals surface area contributed by atoms with Crippen molar-refractivity contribution in [2.24, 2.45) is 0 Å². The van der Waals surface area contributed by atoms with Gasteiger partial charge in [-0.05, 0) is 38.5 Å². The van der Waals surface area contributed by atoms with Gasteiger partial charge in [-0.2, -0.15) is 0 Å². The zero-order valence-corrected chi connectivity index (χ0v) is 21.0. The molecule has 2 aromatic heterocycles. The number of esters is 1. The van der Waals surface area contributed by atoms with E-state index in [9.17, 15) is 9.59 Å². The van der Waals surface area contributed by atoms with Gasteiger partial charge in [-0.15, -0.1) is 0 Å². The van der Waals surface area contributed by atoms with Gasteiger partial charge in [-0.3, -0.25) is 9.69 Å². The maximum absolute atomic E-state index is 13.2. The third kappa shape index (κ3) is 4.63. The lowest BCUT2D eigenvalue weighted by Crippen LogP contribution is -2.42. The summed E-state index contributed by atoms with van der Waals surface area (Å²) in [6.07, 6.45) is 0.651. The Bertz CT molecular complexity index is 1270. The van der Waals surface area contributed by atoms with Crippen molar-refractivity contribution < 1.29 is 28.8 Å². The van der Waals surface area contributed by atoms with Gasteiger partial charge in [0.2, 0.25) is 0 Å². The number of amides is 1. The molecule has 0 atom stereocenters. The fourth-order valence-corrected chi connectivity index (χ4v) is 5.75. The van der Waals surface area contributed by atoms with Crippen LogP contribution < -0.4 is 15.2 Å². The molecule has 35 heavy (non-hydrogen) atoms. The summed E-state index contributed by atoms with van der Waals surface area (Å²) in [4.78, 5) is 33.2. The standard InChI is InChI=1S/C26H29N3O5S/c1-4-33-25(31)21-20(27-23(30)16-8-6-5-7-9-16)19-17-14-26(2,3)34-15-18(17)22(28-24(19)35-21)29-10-12-32-13-11-29/h5-9H,4,10-15H2,1-3H3,(H,27,30)/p+1. The summed E-state index contributed by atoms with van der Waals surface area (Å²) in [5.41, 5.74) is 2.79. The van der Waals surface area contributed by atoms with Crippen molar-refractivity contribution in [2.45, 2.75) is 39.4 Å². The van der Waals surface area contributed by atoms with Crippen LogP contribution in [0.5, 0.6) is 0 Å². The molecule has 2 N–H and O–H groups in total. The van der Waals surface area contributed by atoms with E-state index in [4.69, 9.17) is 14.2 Å². The maximum atomic E-state index is 13.2. The van der Waals surface area contributed by atoms with Crippen molar-refractivity contribution >= 4 is 44.9 Å². The van der Waals surface area contributed by atoms with Crippen LogP contribution in [0.3, 0.4) is 0 Å². The number of carbonyl (C=O) groups is 2. The van der Waals surface area contributed by atoms with Crippen molar-refractivity contribution in [3.63, 3.8) is 0 Å². The molecule has 1 amide bonds. The van der Waals surface area contributed by atoms with Gasteiger partial charge < -0.3 is 19.5 Å². The smallest absolute Gasteiger partial charge is 0.350 e. The topological polar surface area (TPSA) is 91.2 Å². The molecule has 0 spiro atoms. The molecule has 3 aromatic rings. The molecule has 5 rings (SSSR count). The molecule has 4 heterocycles. The zero-order chi connectivity index (χ0) is 24.6. The molecule has 9 heteroatoms. The number of pyridine rings is 1. The number of benzene rings is 1.